The lowest BCUT2D eigenvalue weighted by molar-refractivity contribution is -0.134. The van der Waals surface area contributed by atoms with Crippen LogP contribution in [0.15, 0.2) is 30.5 Å². The Morgan fingerprint density at radius 2 is 2.00 bits per heavy atom. The maximum absolute atomic E-state index is 12.9. The number of fused-ring (bicyclic) bond motifs is 1. The molecule has 1 atom stereocenters. The van der Waals surface area contributed by atoms with Crippen molar-refractivity contribution in [3.8, 4) is 5.75 Å². The van der Waals surface area contributed by atoms with Crippen LogP contribution in [0.3, 0.4) is 0 Å². The minimum Gasteiger partial charge on any atom is -0.508 e. The number of phenolic OH excluding ortho intramolecular Hbond substituents is 1. The topological polar surface area (TPSA) is 87.9 Å². The SMILES string of the molecule is C[C@@H]1c2nc(CC(=O)N3CCOCC3)cn2CCN1C(=O)c1cccc(O)c1. The predicted molar refractivity (Wildman–Crippen MR) is 101 cm³/mol. The molecule has 0 spiro atoms. The molecule has 8 nitrogen and oxygen atoms in total. The molecule has 0 saturated carbocycles. The highest BCUT2D eigenvalue weighted by atomic mass is 16.5. The summed E-state index contributed by atoms with van der Waals surface area (Å²) in [6, 6.07) is 6.16. The van der Waals surface area contributed by atoms with Crippen molar-refractivity contribution < 1.29 is 19.4 Å². The Labute approximate surface area is 163 Å². The molecule has 3 heterocycles. The zero-order valence-electron chi connectivity index (χ0n) is 15.9. The van der Waals surface area contributed by atoms with Gasteiger partial charge >= 0.3 is 0 Å². The number of imidazole rings is 1. The van der Waals surface area contributed by atoms with Crippen molar-refractivity contribution >= 4 is 11.8 Å². The van der Waals surface area contributed by atoms with Crippen LogP contribution in [0.25, 0.3) is 0 Å². The first-order valence-corrected chi connectivity index (χ1v) is 9.54. The summed E-state index contributed by atoms with van der Waals surface area (Å²) in [5.74, 6) is 0.771. The van der Waals surface area contributed by atoms with E-state index in [0.29, 0.717) is 45.0 Å². The molecule has 1 aromatic heterocycles. The quantitative estimate of drug-likeness (QED) is 0.859. The van der Waals surface area contributed by atoms with Gasteiger partial charge in [-0.1, -0.05) is 6.07 Å². The number of morpholine rings is 1. The predicted octanol–water partition coefficient (Wildman–Crippen LogP) is 1.21. The number of ether oxygens (including phenoxy) is 1. The van der Waals surface area contributed by atoms with Gasteiger partial charge in [-0.15, -0.1) is 0 Å². The first-order valence-electron chi connectivity index (χ1n) is 9.54. The van der Waals surface area contributed by atoms with Crippen LogP contribution in [0.2, 0.25) is 0 Å². The van der Waals surface area contributed by atoms with Crippen LogP contribution in [-0.2, 0) is 22.5 Å². The Balaban J connectivity index is 1.48. The molecule has 1 saturated heterocycles. The fourth-order valence-electron chi connectivity index (χ4n) is 3.79. The number of hydrogen-bond donors (Lipinski definition) is 1. The molecule has 2 aliphatic rings. The first kappa shape index (κ1) is 18.5. The third kappa shape index (κ3) is 3.60. The molecule has 1 fully saturated rings. The minimum atomic E-state index is -0.212. The summed E-state index contributed by atoms with van der Waals surface area (Å²) in [5.41, 5.74) is 1.18. The third-order valence-electron chi connectivity index (χ3n) is 5.33. The van der Waals surface area contributed by atoms with Crippen LogP contribution in [0.1, 0.15) is 34.8 Å². The monoisotopic (exact) mass is 384 g/mol. The van der Waals surface area contributed by atoms with Gasteiger partial charge in [0.2, 0.25) is 5.91 Å². The highest BCUT2D eigenvalue weighted by Crippen LogP contribution is 2.27. The second kappa shape index (κ2) is 7.63. The fourth-order valence-corrected chi connectivity index (χ4v) is 3.79. The molecule has 148 valence electrons. The van der Waals surface area contributed by atoms with E-state index in [9.17, 15) is 14.7 Å². The summed E-state index contributed by atoms with van der Waals surface area (Å²) < 4.78 is 7.32. The van der Waals surface area contributed by atoms with Gasteiger partial charge in [-0.2, -0.15) is 0 Å². The highest BCUT2D eigenvalue weighted by molar-refractivity contribution is 5.94. The number of aromatic hydroxyl groups is 1. The van der Waals surface area contributed by atoms with Gasteiger partial charge < -0.3 is 24.2 Å². The van der Waals surface area contributed by atoms with Gasteiger partial charge in [0.25, 0.3) is 5.91 Å². The standard InChI is InChI=1S/C20H24N4O4/c1-14-19-21-16(12-18(26)22-7-9-28-10-8-22)13-23(19)5-6-24(14)20(27)15-3-2-4-17(25)11-15/h2-4,11,13-14,25H,5-10,12H2,1H3/t14-/m1/s1. The molecule has 0 aliphatic carbocycles. The normalized spacial score (nSPS) is 19.4. The summed E-state index contributed by atoms with van der Waals surface area (Å²) in [6.07, 6.45) is 2.17. The molecule has 28 heavy (non-hydrogen) atoms. The van der Waals surface area contributed by atoms with Gasteiger partial charge in [0.15, 0.2) is 0 Å². The average molecular weight is 384 g/mol. The molecular formula is C20H24N4O4. The van der Waals surface area contributed by atoms with E-state index in [1.54, 1.807) is 23.1 Å². The second-order valence-electron chi connectivity index (χ2n) is 7.18. The molecule has 2 aromatic rings. The number of carbonyl (C=O) groups is 2. The van der Waals surface area contributed by atoms with Crippen molar-refractivity contribution in [2.75, 3.05) is 32.8 Å². The highest BCUT2D eigenvalue weighted by Gasteiger charge is 2.31. The van der Waals surface area contributed by atoms with E-state index in [1.165, 1.54) is 6.07 Å². The van der Waals surface area contributed by atoms with Crippen LogP contribution >= 0.6 is 0 Å². The lowest BCUT2D eigenvalue weighted by Gasteiger charge is -2.33. The van der Waals surface area contributed by atoms with E-state index in [1.807, 2.05) is 22.6 Å². The molecule has 0 unspecified atom stereocenters. The summed E-state index contributed by atoms with van der Waals surface area (Å²) in [5, 5.41) is 9.65. The van der Waals surface area contributed by atoms with Crippen LogP contribution in [0.4, 0.5) is 0 Å². The lowest BCUT2D eigenvalue weighted by atomic mass is 10.1. The van der Waals surface area contributed by atoms with Gasteiger partial charge in [0.05, 0.1) is 31.4 Å². The Bertz CT molecular complexity index is 888. The van der Waals surface area contributed by atoms with Gasteiger partial charge in [0, 0.05) is 37.9 Å². The molecular weight excluding hydrogens is 360 g/mol. The van der Waals surface area contributed by atoms with Crippen LogP contribution in [0.5, 0.6) is 5.75 Å². The van der Waals surface area contributed by atoms with Crippen molar-refractivity contribution in [1.29, 1.82) is 0 Å². The largest absolute Gasteiger partial charge is 0.508 e. The zero-order valence-corrected chi connectivity index (χ0v) is 15.9. The zero-order chi connectivity index (χ0) is 19.7. The average Bonchev–Trinajstić information content (AvgIpc) is 3.12. The summed E-state index contributed by atoms with van der Waals surface area (Å²) in [6.45, 7) is 5.51. The number of hydrogen-bond acceptors (Lipinski definition) is 5. The van der Waals surface area contributed by atoms with Crippen molar-refractivity contribution in [2.24, 2.45) is 0 Å². The van der Waals surface area contributed by atoms with E-state index < -0.39 is 0 Å². The first-order chi connectivity index (χ1) is 13.5. The van der Waals surface area contributed by atoms with Gasteiger partial charge in [-0.3, -0.25) is 9.59 Å². The molecule has 4 rings (SSSR count). The number of rotatable bonds is 3. The van der Waals surface area contributed by atoms with Crippen LogP contribution in [0, 0.1) is 0 Å². The van der Waals surface area contributed by atoms with E-state index in [2.05, 4.69) is 4.98 Å². The van der Waals surface area contributed by atoms with Crippen LogP contribution in [-0.4, -0.2) is 69.1 Å². The number of carbonyl (C=O) groups excluding carboxylic acids is 2. The maximum Gasteiger partial charge on any atom is 0.254 e. The molecule has 1 N–H and O–H groups in total. The summed E-state index contributed by atoms with van der Waals surface area (Å²) in [4.78, 5) is 33.6. The molecule has 0 bridgehead atoms. The maximum atomic E-state index is 12.9. The smallest absolute Gasteiger partial charge is 0.254 e. The van der Waals surface area contributed by atoms with Gasteiger partial charge in [-0.05, 0) is 25.1 Å². The number of amides is 2. The van der Waals surface area contributed by atoms with Crippen molar-refractivity contribution in [1.82, 2.24) is 19.4 Å². The Morgan fingerprint density at radius 1 is 1.21 bits per heavy atom. The number of aromatic nitrogens is 2. The van der Waals surface area contributed by atoms with E-state index in [4.69, 9.17) is 4.74 Å². The molecule has 2 amide bonds. The Morgan fingerprint density at radius 3 is 2.75 bits per heavy atom. The number of benzene rings is 1. The lowest BCUT2D eigenvalue weighted by Crippen LogP contribution is -2.41. The van der Waals surface area contributed by atoms with Crippen molar-refractivity contribution in [3.63, 3.8) is 0 Å². The number of nitrogens with zero attached hydrogens (tertiary/aromatic N) is 4. The molecule has 2 aliphatic heterocycles. The van der Waals surface area contributed by atoms with Gasteiger partial charge in [0.1, 0.15) is 11.6 Å². The summed E-state index contributed by atoms with van der Waals surface area (Å²) >= 11 is 0. The van der Waals surface area contributed by atoms with Crippen molar-refractivity contribution in [3.05, 3.63) is 47.5 Å². The molecule has 1 aromatic carbocycles. The molecule has 8 heteroatoms. The van der Waals surface area contributed by atoms with Gasteiger partial charge in [-0.25, -0.2) is 4.98 Å². The number of phenols is 1. The van der Waals surface area contributed by atoms with E-state index in [-0.39, 0.29) is 30.0 Å². The Hall–Kier alpha value is -2.87. The molecule has 0 radical (unpaired) electrons. The van der Waals surface area contributed by atoms with E-state index in [0.717, 1.165) is 11.5 Å². The fraction of sp³-hybridized carbons (Fsp3) is 0.450. The van der Waals surface area contributed by atoms with E-state index >= 15 is 0 Å². The Kier molecular flexibility index (Phi) is 5.04. The summed E-state index contributed by atoms with van der Waals surface area (Å²) in [7, 11) is 0. The van der Waals surface area contributed by atoms with Crippen LogP contribution < -0.4 is 0 Å². The van der Waals surface area contributed by atoms with Crippen molar-refractivity contribution in [2.45, 2.75) is 25.9 Å². The second-order valence-corrected chi connectivity index (χ2v) is 7.18. The third-order valence-corrected chi connectivity index (χ3v) is 5.33. The minimum absolute atomic E-state index is 0.0547.